The van der Waals surface area contributed by atoms with Crippen LogP contribution in [0.4, 0.5) is 4.39 Å². The Morgan fingerprint density at radius 1 is 1.36 bits per heavy atom. The number of halogens is 1. The second-order valence-electron chi connectivity index (χ2n) is 5.80. The molecule has 0 bridgehead atoms. The molecule has 0 aliphatic carbocycles. The van der Waals surface area contributed by atoms with E-state index in [-0.39, 0.29) is 5.82 Å². The molecule has 1 aliphatic rings. The predicted octanol–water partition coefficient (Wildman–Crippen LogP) is 2.22. The van der Waals surface area contributed by atoms with E-state index in [4.69, 9.17) is 0 Å². The molecule has 1 heterocycles. The molecule has 1 aromatic carbocycles. The van der Waals surface area contributed by atoms with Gasteiger partial charge in [0.15, 0.2) is 5.96 Å². The molecule has 1 unspecified atom stereocenters. The minimum absolute atomic E-state index is 0.184. The Labute approximate surface area is 132 Å². The van der Waals surface area contributed by atoms with Gasteiger partial charge in [-0.2, -0.15) is 0 Å². The van der Waals surface area contributed by atoms with Crippen molar-refractivity contribution in [1.29, 1.82) is 0 Å². The first-order chi connectivity index (χ1) is 10.7. The van der Waals surface area contributed by atoms with Crippen LogP contribution in [0.3, 0.4) is 0 Å². The first-order valence-corrected chi connectivity index (χ1v) is 8.13. The Morgan fingerprint density at radius 3 is 2.91 bits per heavy atom. The number of nitrogens with one attached hydrogen (secondary N) is 2. The minimum atomic E-state index is -0.184. The molecule has 1 aliphatic heterocycles. The number of rotatable bonds is 5. The molecule has 0 amide bonds. The van der Waals surface area contributed by atoms with Gasteiger partial charge in [0.1, 0.15) is 5.82 Å². The van der Waals surface area contributed by atoms with Gasteiger partial charge in [0.25, 0.3) is 0 Å². The summed E-state index contributed by atoms with van der Waals surface area (Å²) in [7, 11) is 1.75. The molecule has 1 atom stereocenters. The minimum Gasteiger partial charge on any atom is -0.356 e. The van der Waals surface area contributed by atoms with Gasteiger partial charge >= 0.3 is 0 Å². The fourth-order valence-electron chi connectivity index (χ4n) is 2.89. The highest BCUT2D eigenvalue weighted by molar-refractivity contribution is 5.79. The standard InChI is InChI=1S/C17H27FN4/c1-3-22-10-6-7-14(13-22)11-20-17(19-2)21-12-15-8-4-5-9-16(15)18/h4-5,8-9,14H,3,6-7,10-13H2,1-2H3,(H2,19,20,21). The van der Waals surface area contributed by atoms with E-state index in [2.05, 4.69) is 27.4 Å². The summed E-state index contributed by atoms with van der Waals surface area (Å²) in [5.41, 5.74) is 0.653. The Morgan fingerprint density at radius 2 is 2.18 bits per heavy atom. The monoisotopic (exact) mass is 306 g/mol. The summed E-state index contributed by atoms with van der Waals surface area (Å²) in [4.78, 5) is 6.71. The third kappa shape index (κ3) is 4.98. The van der Waals surface area contributed by atoms with Crippen LogP contribution in [0.5, 0.6) is 0 Å². The molecule has 1 aromatic rings. The van der Waals surface area contributed by atoms with Crippen molar-refractivity contribution in [3.63, 3.8) is 0 Å². The summed E-state index contributed by atoms with van der Waals surface area (Å²) in [5, 5.41) is 6.54. The lowest BCUT2D eigenvalue weighted by Crippen LogP contribution is -2.44. The van der Waals surface area contributed by atoms with Gasteiger partial charge in [0, 0.05) is 32.2 Å². The van der Waals surface area contributed by atoms with Crippen molar-refractivity contribution < 1.29 is 4.39 Å². The van der Waals surface area contributed by atoms with Gasteiger partial charge < -0.3 is 15.5 Å². The molecule has 2 rings (SSSR count). The molecule has 0 spiro atoms. The van der Waals surface area contributed by atoms with Crippen LogP contribution < -0.4 is 10.6 Å². The smallest absolute Gasteiger partial charge is 0.191 e. The lowest BCUT2D eigenvalue weighted by Gasteiger charge is -2.32. The van der Waals surface area contributed by atoms with E-state index in [1.807, 2.05) is 6.07 Å². The van der Waals surface area contributed by atoms with Crippen LogP contribution in [0.2, 0.25) is 0 Å². The molecule has 1 saturated heterocycles. The first-order valence-electron chi connectivity index (χ1n) is 8.13. The Balaban J connectivity index is 1.77. The topological polar surface area (TPSA) is 39.7 Å². The highest BCUT2D eigenvalue weighted by Crippen LogP contribution is 2.15. The van der Waals surface area contributed by atoms with Crippen LogP contribution in [0, 0.1) is 11.7 Å². The highest BCUT2D eigenvalue weighted by Gasteiger charge is 2.18. The number of guanidine groups is 1. The zero-order valence-electron chi connectivity index (χ0n) is 13.6. The van der Waals surface area contributed by atoms with Crippen LogP contribution in [0.15, 0.2) is 29.3 Å². The van der Waals surface area contributed by atoms with Crippen molar-refractivity contribution in [2.24, 2.45) is 10.9 Å². The summed E-state index contributed by atoms with van der Waals surface area (Å²) in [6, 6.07) is 6.82. The number of aliphatic imine (C=N–C) groups is 1. The van der Waals surface area contributed by atoms with Gasteiger partial charge in [-0.25, -0.2) is 4.39 Å². The van der Waals surface area contributed by atoms with Gasteiger partial charge in [0.2, 0.25) is 0 Å². The predicted molar refractivity (Wildman–Crippen MR) is 89.4 cm³/mol. The summed E-state index contributed by atoms with van der Waals surface area (Å²) in [5.74, 6) is 1.20. The highest BCUT2D eigenvalue weighted by atomic mass is 19.1. The quantitative estimate of drug-likeness (QED) is 0.647. The third-order valence-electron chi connectivity index (χ3n) is 4.24. The second kappa shape index (κ2) is 8.73. The molecule has 122 valence electrons. The molecule has 22 heavy (non-hydrogen) atoms. The lowest BCUT2D eigenvalue weighted by atomic mass is 9.98. The van der Waals surface area contributed by atoms with Gasteiger partial charge in [-0.3, -0.25) is 4.99 Å². The molecule has 2 N–H and O–H groups in total. The maximum absolute atomic E-state index is 13.6. The SMILES string of the molecule is CCN1CCCC(CNC(=NC)NCc2ccccc2F)C1. The Kier molecular flexibility index (Phi) is 6.65. The third-order valence-corrected chi connectivity index (χ3v) is 4.24. The van der Waals surface area contributed by atoms with E-state index < -0.39 is 0 Å². The van der Waals surface area contributed by atoms with E-state index in [1.165, 1.54) is 25.5 Å². The van der Waals surface area contributed by atoms with Crippen LogP contribution in [0.1, 0.15) is 25.3 Å². The molecule has 0 saturated carbocycles. The maximum atomic E-state index is 13.6. The van der Waals surface area contributed by atoms with E-state index in [0.717, 1.165) is 25.6 Å². The first kappa shape index (κ1) is 16.7. The maximum Gasteiger partial charge on any atom is 0.191 e. The molecule has 1 fully saturated rings. The van der Waals surface area contributed by atoms with Crippen molar-refractivity contribution >= 4 is 5.96 Å². The van der Waals surface area contributed by atoms with E-state index in [1.54, 1.807) is 19.2 Å². The molecule has 0 radical (unpaired) electrons. The van der Waals surface area contributed by atoms with Crippen LogP contribution >= 0.6 is 0 Å². The molecular formula is C17H27FN4. The fraction of sp³-hybridized carbons (Fsp3) is 0.588. The average Bonchev–Trinajstić information content (AvgIpc) is 2.56. The normalized spacial score (nSPS) is 20.0. The number of hydrogen-bond acceptors (Lipinski definition) is 2. The second-order valence-corrected chi connectivity index (χ2v) is 5.80. The largest absolute Gasteiger partial charge is 0.356 e. The van der Waals surface area contributed by atoms with Gasteiger partial charge in [-0.15, -0.1) is 0 Å². The van der Waals surface area contributed by atoms with Crippen molar-refractivity contribution in [3.8, 4) is 0 Å². The summed E-state index contributed by atoms with van der Waals surface area (Å²) < 4.78 is 13.6. The zero-order valence-corrected chi connectivity index (χ0v) is 13.6. The number of piperidine rings is 1. The number of likely N-dealkylation sites (tertiary alicyclic amines) is 1. The van der Waals surface area contributed by atoms with Crippen molar-refractivity contribution in [1.82, 2.24) is 15.5 Å². The zero-order chi connectivity index (χ0) is 15.8. The summed E-state index contributed by atoms with van der Waals surface area (Å²) >= 11 is 0. The van der Waals surface area contributed by atoms with E-state index >= 15 is 0 Å². The number of hydrogen-bond donors (Lipinski definition) is 2. The van der Waals surface area contributed by atoms with E-state index in [9.17, 15) is 4.39 Å². The summed E-state index contributed by atoms with van der Waals surface area (Å²) in [6.07, 6.45) is 2.52. The van der Waals surface area contributed by atoms with E-state index in [0.29, 0.717) is 18.0 Å². The van der Waals surface area contributed by atoms with Crippen LogP contribution in [-0.4, -0.2) is 44.1 Å². The average molecular weight is 306 g/mol. The Hall–Kier alpha value is -1.62. The number of nitrogens with zero attached hydrogens (tertiary/aromatic N) is 2. The van der Waals surface area contributed by atoms with Gasteiger partial charge in [0.05, 0.1) is 0 Å². The lowest BCUT2D eigenvalue weighted by molar-refractivity contribution is 0.183. The van der Waals surface area contributed by atoms with Crippen LogP contribution in [-0.2, 0) is 6.54 Å². The van der Waals surface area contributed by atoms with Crippen molar-refractivity contribution in [2.45, 2.75) is 26.3 Å². The van der Waals surface area contributed by atoms with Gasteiger partial charge in [-0.05, 0) is 37.9 Å². The van der Waals surface area contributed by atoms with Crippen LogP contribution in [0.25, 0.3) is 0 Å². The molecular weight excluding hydrogens is 279 g/mol. The van der Waals surface area contributed by atoms with Gasteiger partial charge in [-0.1, -0.05) is 25.1 Å². The molecule has 0 aromatic heterocycles. The summed E-state index contributed by atoms with van der Waals surface area (Å²) in [6.45, 7) is 7.05. The molecule has 4 nitrogen and oxygen atoms in total. The fourth-order valence-corrected chi connectivity index (χ4v) is 2.89. The molecule has 5 heteroatoms. The van der Waals surface area contributed by atoms with Crippen molar-refractivity contribution in [3.05, 3.63) is 35.6 Å². The Bertz CT molecular complexity index is 489. The van der Waals surface area contributed by atoms with Crippen molar-refractivity contribution in [2.75, 3.05) is 33.2 Å². The number of benzene rings is 1.